The highest BCUT2D eigenvalue weighted by Crippen LogP contribution is 1.87. The highest BCUT2D eigenvalue weighted by molar-refractivity contribution is 5.90. The molecule has 0 aromatic carbocycles. The Bertz CT molecular complexity index is 421. The minimum atomic E-state index is -0.810. The smallest absolute Gasteiger partial charge is 0.439 e. The van der Waals surface area contributed by atoms with Crippen molar-refractivity contribution in [3.8, 4) is 0 Å². The fraction of sp³-hybridized carbons (Fsp3) is 0.500. The van der Waals surface area contributed by atoms with E-state index in [-0.39, 0.29) is 18.8 Å². The number of rotatable bonds is 5. The zero-order valence-electron chi connectivity index (χ0n) is 8.61. The number of esters is 1. The molecule has 0 saturated carbocycles. The normalized spacial score (nSPS) is 9.81. The topological polar surface area (TPSA) is 114 Å². The van der Waals surface area contributed by atoms with Crippen LogP contribution in [0.4, 0.5) is 0 Å². The number of amides is 1. The minimum absolute atomic E-state index is 0.0572. The molecule has 16 heavy (non-hydrogen) atoms. The van der Waals surface area contributed by atoms with Crippen LogP contribution in [0.25, 0.3) is 0 Å². The standard InChI is InChI=1S/C8H11N3O5/c1-2-15-5(12)3-4-9-7(13)6-10-8(14)16-11-6/h2-4H2,1H3,(H,9,13)(H,10,11,14). The Balaban J connectivity index is 2.31. The summed E-state index contributed by atoms with van der Waals surface area (Å²) in [7, 11) is 0. The fourth-order valence-electron chi connectivity index (χ4n) is 0.923. The maximum Gasteiger partial charge on any atom is 0.439 e. The Kier molecular flexibility index (Phi) is 4.25. The zero-order valence-corrected chi connectivity index (χ0v) is 8.61. The van der Waals surface area contributed by atoms with E-state index in [1.54, 1.807) is 6.92 Å². The third kappa shape index (κ3) is 3.56. The second-order valence-corrected chi connectivity index (χ2v) is 2.75. The third-order valence-corrected chi connectivity index (χ3v) is 1.58. The number of hydrogen-bond acceptors (Lipinski definition) is 6. The van der Waals surface area contributed by atoms with Crippen LogP contribution >= 0.6 is 0 Å². The van der Waals surface area contributed by atoms with Crippen LogP contribution in [0.1, 0.15) is 24.0 Å². The van der Waals surface area contributed by atoms with E-state index in [2.05, 4.69) is 24.7 Å². The zero-order chi connectivity index (χ0) is 12.0. The number of nitrogens with zero attached hydrogens (tertiary/aromatic N) is 1. The van der Waals surface area contributed by atoms with E-state index in [1.807, 2.05) is 0 Å². The van der Waals surface area contributed by atoms with Gasteiger partial charge in [-0.1, -0.05) is 0 Å². The second kappa shape index (κ2) is 5.69. The largest absolute Gasteiger partial charge is 0.466 e. The molecule has 0 radical (unpaired) electrons. The van der Waals surface area contributed by atoms with E-state index in [0.29, 0.717) is 6.61 Å². The van der Waals surface area contributed by atoms with Gasteiger partial charge in [0.2, 0.25) is 5.82 Å². The van der Waals surface area contributed by atoms with Gasteiger partial charge in [-0.3, -0.25) is 19.1 Å². The maximum atomic E-state index is 11.2. The van der Waals surface area contributed by atoms with Gasteiger partial charge in [0.15, 0.2) is 0 Å². The van der Waals surface area contributed by atoms with Crippen LogP contribution < -0.4 is 11.1 Å². The molecule has 1 amide bonds. The molecular formula is C8H11N3O5. The van der Waals surface area contributed by atoms with Gasteiger partial charge in [0.1, 0.15) is 0 Å². The van der Waals surface area contributed by atoms with Crippen molar-refractivity contribution in [3.63, 3.8) is 0 Å². The monoisotopic (exact) mass is 229 g/mol. The summed E-state index contributed by atoms with van der Waals surface area (Å²) in [6, 6.07) is 0. The number of H-pyrrole nitrogens is 1. The Morgan fingerprint density at radius 2 is 2.31 bits per heavy atom. The van der Waals surface area contributed by atoms with Gasteiger partial charge in [0, 0.05) is 6.54 Å². The summed E-state index contributed by atoms with van der Waals surface area (Å²) in [5, 5.41) is 5.55. The van der Waals surface area contributed by atoms with E-state index in [0.717, 1.165) is 0 Å². The van der Waals surface area contributed by atoms with Crippen molar-refractivity contribution >= 4 is 11.9 Å². The Hall–Kier alpha value is -2.12. The molecule has 0 aliphatic heterocycles. The molecule has 8 heteroatoms. The second-order valence-electron chi connectivity index (χ2n) is 2.75. The van der Waals surface area contributed by atoms with Gasteiger partial charge in [-0.25, -0.2) is 4.79 Å². The van der Waals surface area contributed by atoms with Crippen molar-refractivity contribution < 1.29 is 18.8 Å². The molecule has 2 N–H and O–H groups in total. The fourth-order valence-corrected chi connectivity index (χ4v) is 0.923. The summed E-state index contributed by atoms with van der Waals surface area (Å²) in [4.78, 5) is 34.7. The predicted molar refractivity (Wildman–Crippen MR) is 50.7 cm³/mol. The summed E-state index contributed by atoms with van der Waals surface area (Å²) in [5.41, 5.74) is 0. The first-order valence-electron chi connectivity index (χ1n) is 4.63. The molecule has 1 aromatic rings. The van der Waals surface area contributed by atoms with Gasteiger partial charge >= 0.3 is 11.7 Å². The van der Waals surface area contributed by atoms with E-state index < -0.39 is 17.6 Å². The van der Waals surface area contributed by atoms with E-state index in [9.17, 15) is 14.4 Å². The predicted octanol–water partition coefficient (Wildman–Crippen LogP) is -0.954. The van der Waals surface area contributed by atoms with Gasteiger partial charge in [-0.15, -0.1) is 0 Å². The van der Waals surface area contributed by atoms with Crippen molar-refractivity contribution in [1.29, 1.82) is 0 Å². The highest BCUT2D eigenvalue weighted by Gasteiger charge is 2.11. The molecule has 0 bridgehead atoms. The summed E-state index contributed by atoms with van der Waals surface area (Å²) in [6.45, 7) is 2.09. The van der Waals surface area contributed by atoms with Crippen molar-refractivity contribution in [2.45, 2.75) is 13.3 Å². The molecule has 1 heterocycles. The molecule has 0 saturated heterocycles. The number of aromatic amines is 1. The van der Waals surface area contributed by atoms with Crippen molar-refractivity contribution in [1.82, 2.24) is 15.5 Å². The summed E-state index contributed by atoms with van der Waals surface area (Å²) in [5.74, 6) is -2.06. The number of hydrogen-bond donors (Lipinski definition) is 2. The minimum Gasteiger partial charge on any atom is -0.466 e. The number of nitrogens with one attached hydrogen (secondary N) is 2. The van der Waals surface area contributed by atoms with Crippen LogP contribution in [0.2, 0.25) is 0 Å². The molecular weight excluding hydrogens is 218 g/mol. The molecule has 88 valence electrons. The molecule has 8 nitrogen and oxygen atoms in total. The van der Waals surface area contributed by atoms with Crippen LogP contribution in [0.3, 0.4) is 0 Å². The molecule has 0 atom stereocenters. The van der Waals surface area contributed by atoms with Crippen LogP contribution in [0.15, 0.2) is 9.32 Å². The Morgan fingerprint density at radius 1 is 1.56 bits per heavy atom. The van der Waals surface area contributed by atoms with Crippen LogP contribution in [0.5, 0.6) is 0 Å². The first-order valence-corrected chi connectivity index (χ1v) is 4.63. The van der Waals surface area contributed by atoms with E-state index in [4.69, 9.17) is 0 Å². The average Bonchev–Trinajstić information content (AvgIpc) is 2.65. The molecule has 1 rings (SSSR count). The van der Waals surface area contributed by atoms with Crippen LogP contribution in [-0.2, 0) is 9.53 Å². The van der Waals surface area contributed by atoms with Crippen LogP contribution in [-0.4, -0.2) is 35.2 Å². The summed E-state index contributed by atoms with van der Waals surface area (Å²) >= 11 is 0. The van der Waals surface area contributed by atoms with Gasteiger partial charge in [0.05, 0.1) is 13.0 Å². The molecule has 0 aliphatic rings. The van der Waals surface area contributed by atoms with Gasteiger partial charge in [0.25, 0.3) is 5.91 Å². The Morgan fingerprint density at radius 3 is 2.88 bits per heavy atom. The summed E-state index contributed by atoms with van der Waals surface area (Å²) < 4.78 is 8.79. The number of aromatic nitrogens is 2. The lowest BCUT2D eigenvalue weighted by Crippen LogP contribution is -2.27. The molecule has 0 unspecified atom stereocenters. The maximum absolute atomic E-state index is 11.2. The van der Waals surface area contributed by atoms with E-state index in [1.165, 1.54) is 0 Å². The van der Waals surface area contributed by atoms with Crippen LogP contribution in [0, 0.1) is 0 Å². The first-order chi connectivity index (χ1) is 7.63. The number of ether oxygens (including phenoxy) is 1. The van der Waals surface area contributed by atoms with Crippen molar-refractivity contribution in [2.24, 2.45) is 0 Å². The number of carbonyl (C=O) groups excluding carboxylic acids is 2. The van der Waals surface area contributed by atoms with Gasteiger partial charge in [-0.2, -0.15) is 0 Å². The van der Waals surface area contributed by atoms with Crippen molar-refractivity contribution in [3.05, 3.63) is 16.4 Å². The first kappa shape index (κ1) is 12.0. The van der Waals surface area contributed by atoms with Gasteiger partial charge in [-0.05, 0) is 12.1 Å². The number of carbonyl (C=O) groups is 2. The van der Waals surface area contributed by atoms with E-state index >= 15 is 0 Å². The SMILES string of the molecule is CCOC(=O)CCNC(=O)c1noc(=O)[nH]1. The molecule has 0 spiro atoms. The summed E-state index contributed by atoms with van der Waals surface area (Å²) in [6.07, 6.45) is 0.0572. The lowest BCUT2D eigenvalue weighted by molar-refractivity contribution is -0.142. The van der Waals surface area contributed by atoms with Crippen molar-refractivity contribution in [2.75, 3.05) is 13.2 Å². The Labute approximate surface area is 90.0 Å². The quantitative estimate of drug-likeness (QED) is 0.629. The highest BCUT2D eigenvalue weighted by atomic mass is 16.5. The lowest BCUT2D eigenvalue weighted by atomic mass is 10.4. The molecule has 0 aliphatic carbocycles. The molecule has 1 aromatic heterocycles. The van der Waals surface area contributed by atoms with Gasteiger partial charge < -0.3 is 10.1 Å². The lowest BCUT2D eigenvalue weighted by Gasteiger charge is -2.02. The third-order valence-electron chi connectivity index (χ3n) is 1.58. The average molecular weight is 229 g/mol. The molecule has 0 fully saturated rings.